The molecule has 0 saturated heterocycles. The zero-order valence-electron chi connectivity index (χ0n) is 16.1. The fourth-order valence-electron chi connectivity index (χ4n) is 2.74. The third-order valence-corrected chi connectivity index (χ3v) is 4.46. The van der Waals surface area contributed by atoms with Crippen LogP contribution in [-0.2, 0) is 6.54 Å². The van der Waals surface area contributed by atoms with Gasteiger partial charge in [0.05, 0.1) is 12.2 Å². The Morgan fingerprint density at radius 2 is 1.93 bits per heavy atom. The summed E-state index contributed by atoms with van der Waals surface area (Å²) in [7, 11) is 1.71. The molecule has 0 radical (unpaired) electrons. The van der Waals surface area contributed by atoms with Gasteiger partial charge in [0.15, 0.2) is 0 Å². The first-order valence-electron chi connectivity index (χ1n) is 8.69. The molecule has 0 bridgehead atoms. The minimum atomic E-state index is -0.421. The number of hydrogen-bond donors (Lipinski definition) is 1. The maximum absolute atomic E-state index is 12.5. The molecular weight excluding hydrogens is 346 g/mol. The van der Waals surface area contributed by atoms with E-state index in [0.29, 0.717) is 24.0 Å². The second-order valence-corrected chi connectivity index (χ2v) is 6.60. The van der Waals surface area contributed by atoms with Gasteiger partial charge in [0.2, 0.25) is 11.7 Å². The number of carbonyl (C=O) groups excluding carboxylic acids is 1. The van der Waals surface area contributed by atoms with Gasteiger partial charge in [-0.3, -0.25) is 0 Å². The van der Waals surface area contributed by atoms with E-state index in [2.05, 4.69) is 20.6 Å². The third-order valence-electron chi connectivity index (χ3n) is 4.46. The molecule has 27 heavy (non-hydrogen) atoms. The normalized spacial score (nSPS) is 12.0. The minimum Gasteiger partial charge on any atom is -0.361 e. The molecule has 8 nitrogen and oxygen atoms in total. The molecule has 2 heterocycles. The molecule has 142 valence electrons. The largest absolute Gasteiger partial charge is 0.361 e. The first-order chi connectivity index (χ1) is 12.9. The summed E-state index contributed by atoms with van der Waals surface area (Å²) >= 11 is 0. The summed E-state index contributed by atoms with van der Waals surface area (Å²) in [6, 6.07) is 7.13. The van der Waals surface area contributed by atoms with Crippen LogP contribution in [0.3, 0.4) is 0 Å². The maximum atomic E-state index is 12.5. The molecule has 0 aliphatic carbocycles. The summed E-state index contributed by atoms with van der Waals surface area (Å²) in [4.78, 5) is 18.5. The predicted molar refractivity (Wildman–Crippen MR) is 98.9 cm³/mol. The number of hydrogen-bond acceptors (Lipinski definition) is 6. The Morgan fingerprint density at radius 3 is 2.59 bits per heavy atom. The predicted octanol–water partition coefficient (Wildman–Crippen LogP) is 3.55. The Labute approximate surface area is 157 Å². The molecule has 8 heteroatoms. The molecule has 2 aromatic heterocycles. The van der Waals surface area contributed by atoms with Crippen LogP contribution in [0.25, 0.3) is 11.4 Å². The van der Waals surface area contributed by atoms with Crippen molar-refractivity contribution in [3.63, 3.8) is 0 Å². The zero-order valence-corrected chi connectivity index (χ0v) is 16.1. The lowest BCUT2D eigenvalue weighted by Crippen LogP contribution is -2.38. The first-order valence-corrected chi connectivity index (χ1v) is 8.69. The smallest absolute Gasteiger partial charge is 0.318 e. The molecule has 2 amide bonds. The Kier molecular flexibility index (Phi) is 5.25. The summed E-state index contributed by atoms with van der Waals surface area (Å²) in [5.74, 6) is 1.57. The number of nitrogens with zero attached hydrogens (tertiary/aromatic N) is 4. The van der Waals surface area contributed by atoms with Gasteiger partial charge in [-0.15, -0.1) is 0 Å². The van der Waals surface area contributed by atoms with Crippen molar-refractivity contribution < 1.29 is 13.8 Å². The standard InChI is InChI=1S/C19H23N5O3/c1-11-8-6-7-9-15(11)17-21-18(27-23-17)13(3)20-19(25)24(5)10-16-12(2)22-26-14(16)4/h6-9,13H,10H2,1-5H3,(H,20,25)/t13-/m1/s1. The van der Waals surface area contributed by atoms with Crippen molar-refractivity contribution in [1.29, 1.82) is 0 Å². The Balaban J connectivity index is 1.66. The molecular formula is C19H23N5O3. The number of aryl methyl sites for hydroxylation is 3. The van der Waals surface area contributed by atoms with E-state index >= 15 is 0 Å². The number of urea groups is 1. The van der Waals surface area contributed by atoms with Crippen molar-refractivity contribution in [3.8, 4) is 11.4 Å². The van der Waals surface area contributed by atoms with Gasteiger partial charge in [0.1, 0.15) is 11.8 Å². The highest BCUT2D eigenvalue weighted by Crippen LogP contribution is 2.22. The molecule has 1 atom stereocenters. The first kappa shape index (κ1) is 18.6. The van der Waals surface area contributed by atoms with E-state index in [0.717, 1.165) is 22.4 Å². The van der Waals surface area contributed by atoms with E-state index < -0.39 is 6.04 Å². The van der Waals surface area contributed by atoms with E-state index in [1.54, 1.807) is 18.9 Å². The number of aromatic nitrogens is 3. The third kappa shape index (κ3) is 3.99. The molecule has 1 aromatic carbocycles. The van der Waals surface area contributed by atoms with Crippen LogP contribution in [0.2, 0.25) is 0 Å². The number of nitrogens with one attached hydrogen (secondary N) is 1. The number of amides is 2. The van der Waals surface area contributed by atoms with Gasteiger partial charge < -0.3 is 19.3 Å². The lowest BCUT2D eigenvalue weighted by Gasteiger charge is -2.19. The van der Waals surface area contributed by atoms with Gasteiger partial charge >= 0.3 is 6.03 Å². The van der Waals surface area contributed by atoms with Crippen LogP contribution in [0.1, 0.15) is 41.4 Å². The van der Waals surface area contributed by atoms with Gasteiger partial charge in [-0.2, -0.15) is 4.98 Å². The van der Waals surface area contributed by atoms with Crippen molar-refractivity contribution in [1.82, 2.24) is 25.5 Å². The molecule has 0 fully saturated rings. The summed E-state index contributed by atoms with van der Waals surface area (Å²) in [5.41, 5.74) is 3.64. The summed E-state index contributed by atoms with van der Waals surface area (Å²) in [5, 5.41) is 10.8. The monoisotopic (exact) mass is 369 g/mol. The molecule has 0 saturated carbocycles. The quantitative estimate of drug-likeness (QED) is 0.738. The van der Waals surface area contributed by atoms with Gasteiger partial charge in [-0.05, 0) is 33.3 Å². The van der Waals surface area contributed by atoms with Crippen LogP contribution in [0.4, 0.5) is 4.79 Å². The van der Waals surface area contributed by atoms with Gasteiger partial charge in [-0.1, -0.05) is 34.6 Å². The van der Waals surface area contributed by atoms with Crippen LogP contribution in [-0.4, -0.2) is 33.3 Å². The topological polar surface area (TPSA) is 97.3 Å². The number of rotatable bonds is 5. The van der Waals surface area contributed by atoms with E-state index in [-0.39, 0.29) is 6.03 Å². The average molecular weight is 369 g/mol. The van der Waals surface area contributed by atoms with E-state index in [1.807, 2.05) is 45.0 Å². The van der Waals surface area contributed by atoms with E-state index in [9.17, 15) is 4.79 Å². The Bertz CT molecular complexity index is 927. The van der Waals surface area contributed by atoms with Crippen LogP contribution >= 0.6 is 0 Å². The fourth-order valence-corrected chi connectivity index (χ4v) is 2.74. The van der Waals surface area contributed by atoms with Crippen LogP contribution in [0, 0.1) is 20.8 Å². The second-order valence-electron chi connectivity index (χ2n) is 6.60. The maximum Gasteiger partial charge on any atom is 0.318 e. The average Bonchev–Trinajstić information content (AvgIpc) is 3.24. The Hall–Kier alpha value is -3.16. The molecule has 0 spiro atoms. The van der Waals surface area contributed by atoms with Gasteiger partial charge in [-0.25, -0.2) is 4.79 Å². The van der Waals surface area contributed by atoms with Crippen LogP contribution in [0.15, 0.2) is 33.3 Å². The van der Waals surface area contributed by atoms with Crippen LogP contribution < -0.4 is 5.32 Å². The molecule has 1 N–H and O–H groups in total. The SMILES string of the molecule is Cc1ccccc1-c1noc([C@@H](C)NC(=O)N(C)Cc2c(C)noc2C)n1. The minimum absolute atomic E-state index is 0.252. The van der Waals surface area contributed by atoms with Crippen molar-refractivity contribution in [3.05, 3.63) is 52.7 Å². The fraction of sp³-hybridized carbons (Fsp3) is 0.368. The second kappa shape index (κ2) is 7.61. The van der Waals surface area contributed by atoms with Crippen molar-refractivity contribution in [2.45, 2.75) is 40.3 Å². The Morgan fingerprint density at radius 1 is 1.19 bits per heavy atom. The van der Waals surface area contributed by atoms with Gasteiger partial charge in [0, 0.05) is 18.2 Å². The summed E-state index contributed by atoms with van der Waals surface area (Å²) < 4.78 is 10.5. The molecule has 0 aliphatic heterocycles. The lowest BCUT2D eigenvalue weighted by atomic mass is 10.1. The van der Waals surface area contributed by atoms with Crippen LogP contribution in [0.5, 0.6) is 0 Å². The van der Waals surface area contributed by atoms with Crippen molar-refractivity contribution in [2.24, 2.45) is 0 Å². The van der Waals surface area contributed by atoms with Crippen molar-refractivity contribution in [2.75, 3.05) is 7.05 Å². The van der Waals surface area contributed by atoms with E-state index in [1.165, 1.54) is 0 Å². The molecule has 3 aromatic rings. The van der Waals surface area contributed by atoms with Gasteiger partial charge in [0.25, 0.3) is 0 Å². The van der Waals surface area contributed by atoms with Crippen molar-refractivity contribution >= 4 is 6.03 Å². The highest BCUT2D eigenvalue weighted by molar-refractivity contribution is 5.74. The van der Waals surface area contributed by atoms with E-state index in [4.69, 9.17) is 9.05 Å². The summed E-state index contributed by atoms with van der Waals surface area (Å²) in [6.45, 7) is 7.87. The molecule has 0 unspecified atom stereocenters. The zero-order chi connectivity index (χ0) is 19.6. The molecule has 3 rings (SSSR count). The highest BCUT2D eigenvalue weighted by Gasteiger charge is 2.21. The highest BCUT2D eigenvalue weighted by atomic mass is 16.5. The number of benzene rings is 1. The summed E-state index contributed by atoms with van der Waals surface area (Å²) in [6.07, 6.45) is 0. The molecule has 0 aliphatic rings. The number of carbonyl (C=O) groups is 1. The lowest BCUT2D eigenvalue weighted by molar-refractivity contribution is 0.200.